The molecular weight excluding hydrogens is 327 g/mol. The zero-order valence-corrected chi connectivity index (χ0v) is 15.4. The van der Waals surface area contributed by atoms with E-state index < -0.39 is 0 Å². The third kappa shape index (κ3) is 2.99. The van der Waals surface area contributed by atoms with Crippen LogP contribution in [0.5, 0.6) is 0 Å². The Morgan fingerprint density at radius 3 is 2.73 bits per heavy atom. The van der Waals surface area contributed by atoms with Gasteiger partial charge in [-0.25, -0.2) is 4.39 Å². The van der Waals surface area contributed by atoms with E-state index in [1.807, 2.05) is 12.3 Å². The fourth-order valence-corrected chi connectivity index (χ4v) is 4.19. The first kappa shape index (κ1) is 17.1. The number of fused-ring (bicyclic) bond motifs is 1. The third-order valence-electron chi connectivity index (χ3n) is 5.43. The molecule has 1 fully saturated rings. The average molecular weight is 352 g/mol. The van der Waals surface area contributed by atoms with E-state index in [1.54, 1.807) is 6.07 Å². The van der Waals surface area contributed by atoms with Gasteiger partial charge >= 0.3 is 0 Å². The molecular formula is C22H25FN2O. The van der Waals surface area contributed by atoms with Gasteiger partial charge in [0.25, 0.3) is 0 Å². The number of benzene rings is 2. The summed E-state index contributed by atoms with van der Waals surface area (Å²) in [6.07, 6.45) is 3.01. The molecule has 4 heteroatoms. The largest absolute Gasteiger partial charge is 0.378 e. The van der Waals surface area contributed by atoms with Crippen molar-refractivity contribution in [2.45, 2.75) is 26.2 Å². The lowest BCUT2D eigenvalue weighted by Crippen LogP contribution is -2.37. The summed E-state index contributed by atoms with van der Waals surface area (Å²) in [4.78, 5) is 5.75. The molecule has 1 atom stereocenters. The number of hydrogen-bond acceptors (Lipinski definition) is 2. The van der Waals surface area contributed by atoms with Crippen molar-refractivity contribution in [1.29, 1.82) is 0 Å². The summed E-state index contributed by atoms with van der Waals surface area (Å²) in [5.41, 5.74) is 6.07. The van der Waals surface area contributed by atoms with Crippen LogP contribution in [0.1, 0.15) is 36.0 Å². The Labute approximate surface area is 153 Å². The Balaban J connectivity index is 1.84. The fraction of sp³-hybridized carbons (Fsp3) is 0.364. The second-order valence-corrected chi connectivity index (χ2v) is 7.01. The monoisotopic (exact) mass is 352 g/mol. The maximum Gasteiger partial charge on any atom is 0.123 e. The number of anilines is 1. The maximum atomic E-state index is 13.9. The van der Waals surface area contributed by atoms with Gasteiger partial charge in [-0.05, 0) is 48.2 Å². The number of para-hydroxylation sites is 1. The summed E-state index contributed by atoms with van der Waals surface area (Å²) in [6.45, 7) is 7.74. The number of H-pyrrole nitrogens is 1. The van der Waals surface area contributed by atoms with E-state index in [0.29, 0.717) is 0 Å². The van der Waals surface area contributed by atoms with Crippen molar-refractivity contribution in [3.63, 3.8) is 0 Å². The lowest BCUT2D eigenvalue weighted by atomic mass is 9.86. The number of rotatable bonds is 4. The molecule has 0 bridgehead atoms. The highest BCUT2D eigenvalue weighted by Crippen LogP contribution is 2.39. The summed E-state index contributed by atoms with van der Waals surface area (Å²) < 4.78 is 19.4. The topological polar surface area (TPSA) is 28.3 Å². The van der Waals surface area contributed by atoms with Gasteiger partial charge in [0.1, 0.15) is 5.82 Å². The predicted octanol–water partition coefficient (Wildman–Crippen LogP) is 4.99. The first-order valence-corrected chi connectivity index (χ1v) is 9.37. The molecule has 4 rings (SSSR count). The first-order chi connectivity index (χ1) is 12.7. The maximum absolute atomic E-state index is 13.9. The lowest BCUT2D eigenvalue weighted by molar-refractivity contribution is 0.122. The van der Waals surface area contributed by atoms with E-state index in [2.05, 4.69) is 41.9 Å². The minimum Gasteiger partial charge on any atom is -0.378 e. The number of nitrogens with zero attached hydrogens (tertiary/aromatic N) is 1. The second kappa shape index (κ2) is 7.12. The molecule has 2 aromatic carbocycles. The highest BCUT2D eigenvalue weighted by Gasteiger charge is 2.24. The number of nitrogens with one attached hydrogen (secondary N) is 1. The molecule has 3 nitrogen and oxygen atoms in total. The van der Waals surface area contributed by atoms with E-state index in [-0.39, 0.29) is 11.7 Å². The molecule has 26 heavy (non-hydrogen) atoms. The number of aryl methyl sites for hydroxylation is 1. The summed E-state index contributed by atoms with van der Waals surface area (Å²) in [5, 5.41) is 0.978. The van der Waals surface area contributed by atoms with E-state index in [4.69, 9.17) is 4.74 Å². The molecule has 0 radical (unpaired) electrons. The smallest absolute Gasteiger partial charge is 0.123 e. The second-order valence-electron chi connectivity index (χ2n) is 7.01. The molecule has 0 amide bonds. The SMILES string of the molecule is CCC(c1cccc(C)c1N1CCOCC1)c1c[nH]c2ccc(F)cc12. The molecule has 1 saturated heterocycles. The van der Waals surface area contributed by atoms with Crippen molar-refractivity contribution >= 4 is 16.6 Å². The Morgan fingerprint density at radius 1 is 1.15 bits per heavy atom. The van der Waals surface area contributed by atoms with Crippen molar-refractivity contribution in [3.8, 4) is 0 Å². The minimum atomic E-state index is -0.189. The van der Waals surface area contributed by atoms with Gasteiger partial charge in [0.05, 0.1) is 13.2 Å². The third-order valence-corrected chi connectivity index (χ3v) is 5.43. The zero-order valence-electron chi connectivity index (χ0n) is 15.4. The van der Waals surface area contributed by atoms with Crippen LogP contribution in [0, 0.1) is 12.7 Å². The van der Waals surface area contributed by atoms with Crippen molar-refractivity contribution in [3.05, 3.63) is 65.1 Å². The molecule has 1 aliphatic heterocycles. The molecule has 0 spiro atoms. The van der Waals surface area contributed by atoms with Gasteiger partial charge < -0.3 is 14.6 Å². The molecule has 1 unspecified atom stereocenters. The highest BCUT2D eigenvalue weighted by molar-refractivity contribution is 5.84. The van der Waals surface area contributed by atoms with E-state index in [1.165, 1.54) is 28.4 Å². The summed E-state index contributed by atoms with van der Waals surface area (Å²) in [6, 6.07) is 11.5. The van der Waals surface area contributed by atoms with Crippen LogP contribution in [0.25, 0.3) is 10.9 Å². The van der Waals surface area contributed by atoms with Crippen molar-refractivity contribution in [1.82, 2.24) is 4.98 Å². The average Bonchev–Trinajstić information content (AvgIpc) is 3.06. The summed E-state index contributed by atoms with van der Waals surface area (Å²) >= 11 is 0. The molecule has 0 aliphatic carbocycles. The van der Waals surface area contributed by atoms with Gasteiger partial charge in [0.2, 0.25) is 0 Å². The quantitative estimate of drug-likeness (QED) is 0.716. The number of ether oxygens (including phenoxy) is 1. The Morgan fingerprint density at radius 2 is 1.96 bits per heavy atom. The molecule has 2 heterocycles. The molecule has 1 aliphatic rings. The molecule has 0 saturated carbocycles. The lowest BCUT2D eigenvalue weighted by Gasteiger charge is -2.33. The van der Waals surface area contributed by atoms with Gasteiger partial charge in [-0.2, -0.15) is 0 Å². The van der Waals surface area contributed by atoms with Crippen LogP contribution < -0.4 is 4.90 Å². The van der Waals surface area contributed by atoms with Crippen LogP contribution in [0.15, 0.2) is 42.6 Å². The van der Waals surface area contributed by atoms with Crippen molar-refractivity contribution in [2.24, 2.45) is 0 Å². The molecule has 3 aromatic rings. The summed E-state index contributed by atoms with van der Waals surface area (Å²) in [7, 11) is 0. The van der Waals surface area contributed by atoms with Crippen LogP contribution in [0.2, 0.25) is 0 Å². The van der Waals surface area contributed by atoms with Crippen LogP contribution in [0.3, 0.4) is 0 Å². The van der Waals surface area contributed by atoms with E-state index in [0.717, 1.165) is 43.6 Å². The molecule has 1 N–H and O–H groups in total. The Bertz CT molecular complexity index is 912. The Hall–Kier alpha value is -2.33. The number of aromatic nitrogens is 1. The number of halogens is 1. The first-order valence-electron chi connectivity index (χ1n) is 9.37. The number of aromatic amines is 1. The van der Waals surface area contributed by atoms with Gasteiger partial charge in [0.15, 0.2) is 0 Å². The van der Waals surface area contributed by atoms with Crippen LogP contribution in [0.4, 0.5) is 10.1 Å². The standard InChI is InChI=1S/C22H25FN2O/c1-3-17(20-14-24-21-8-7-16(23)13-19(20)21)18-6-4-5-15(2)22(18)25-9-11-26-12-10-25/h4-8,13-14,17,24H,3,9-12H2,1-2H3. The van der Waals surface area contributed by atoms with Crippen LogP contribution >= 0.6 is 0 Å². The van der Waals surface area contributed by atoms with Gasteiger partial charge in [-0.1, -0.05) is 25.1 Å². The number of hydrogen-bond donors (Lipinski definition) is 1. The number of morpholine rings is 1. The van der Waals surface area contributed by atoms with Gasteiger partial charge in [-0.15, -0.1) is 0 Å². The predicted molar refractivity (Wildman–Crippen MR) is 105 cm³/mol. The van der Waals surface area contributed by atoms with E-state index in [9.17, 15) is 4.39 Å². The van der Waals surface area contributed by atoms with E-state index >= 15 is 0 Å². The van der Waals surface area contributed by atoms with Crippen LogP contribution in [-0.4, -0.2) is 31.3 Å². The molecule has 1 aromatic heterocycles. The van der Waals surface area contributed by atoms with Crippen molar-refractivity contribution < 1.29 is 9.13 Å². The molecule has 136 valence electrons. The Kier molecular flexibility index (Phi) is 4.68. The summed E-state index contributed by atoms with van der Waals surface area (Å²) in [5.74, 6) is 0.0362. The van der Waals surface area contributed by atoms with Gasteiger partial charge in [-0.3, -0.25) is 0 Å². The van der Waals surface area contributed by atoms with Gasteiger partial charge in [0, 0.05) is 41.8 Å². The minimum absolute atomic E-state index is 0.189. The zero-order chi connectivity index (χ0) is 18.1. The normalized spacial score (nSPS) is 16.2. The van der Waals surface area contributed by atoms with Crippen molar-refractivity contribution in [2.75, 3.05) is 31.2 Å². The highest BCUT2D eigenvalue weighted by atomic mass is 19.1. The fourth-order valence-electron chi connectivity index (χ4n) is 4.19. The van der Waals surface area contributed by atoms with Crippen LogP contribution in [-0.2, 0) is 4.74 Å².